The molecule has 4 amide bonds. The molecule has 0 aliphatic carbocycles. The Hall–Kier alpha value is -4.06. The number of ether oxygens (including phenoxy) is 2. The molecule has 8 nitrogen and oxygen atoms in total. The second-order valence-electron chi connectivity index (χ2n) is 7.95. The number of esters is 1. The van der Waals surface area contributed by atoms with Crippen LogP contribution in [0.15, 0.2) is 66.2 Å². The van der Waals surface area contributed by atoms with Crippen LogP contribution >= 0.6 is 22.6 Å². The molecule has 1 aliphatic heterocycles. The van der Waals surface area contributed by atoms with E-state index in [0.717, 1.165) is 14.0 Å². The van der Waals surface area contributed by atoms with Crippen molar-refractivity contribution in [3.8, 4) is 5.75 Å². The number of benzene rings is 3. The third-order valence-electron chi connectivity index (χ3n) is 5.68. The first-order valence-electron chi connectivity index (χ1n) is 10.9. The van der Waals surface area contributed by atoms with Gasteiger partial charge in [-0.1, -0.05) is 18.2 Å². The SMILES string of the molecule is COC(=O)c1ccc(N2C(=O)NC(=O)/C(=C\c3cc(I)c(Cc4ccccc4F)c(OC)c3)C2=O)cc1. The number of carbonyl (C=O) groups is 4. The number of nitrogens with one attached hydrogen (secondary N) is 1. The lowest BCUT2D eigenvalue weighted by Gasteiger charge is -2.26. The minimum Gasteiger partial charge on any atom is -0.496 e. The van der Waals surface area contributed by atoms with Gasteiger partial charge in [-0.15, -0.1) is 0 Å². The number of anilines is 1. The zero-order chi connectivity index (χ0) is 26.7. The van der Waals surface area contributed by atoms with E-state index in [1.807, 2.05) is 0 Å². The molecule has 0 unspecified atom stereocenters. The van der Waals surface area contributed by atoms with Gasteiger partial charge in [-0.05, 0) is 82.3 Å². The maximum absolute atomic E-state index is 14.2. The van der Waals surface area contributed by atoms with Crippen LogP contribution in [0.5, 0.6) is 5.75 Å². The lowest BCUT2D eigenvalue weighted by atomic mass is 10.00. The average molecular weight is 614 g/mol. The monoisotopic (exact) mass is 614 g/mol. The predicted octanol–water partition coefficient (Wildman–Crippen LogP) is 4.48. The Kier molecular flexibility index (Phi) is 7.67. The van der Waals surface area contributed by atoms with Crippen LogP contribution in [0.1, 0.15) is 27.0 Å². The molecule has 3 aromatic carbocycles. The zero-order valence-electron chi connectivity index (χ0n) is 19.7. The van der Waals surface area contributed by atoms with Gasteiger partial charge in [-0.3, -0.25) is 14.9 Å². The Morgan fingerprint density at radius 3 is 2.41 bits per heavy atom. The number of urea groups is 1. The van der Waals surface area contributed by atoms with E-state index in [1.54, 1.807) is 30.3 Å². The van der Waals surface area contributed by atoms with Crippen molar-refractivity contribution in [3.63, 3.8) is 0 Å². The number of barbiturate groups is 1. The maximum Gasteiger partial charge on any atom is 0.337 e. The summed E-state index contributed by atoms with van der Waals surface area (Å²) in [6.45, 7) is 0. The number of methoxy groups -OCH3 is 2. The molecule has 1 aliphatic rings. The molecular weight excluding hydrogens is 594 g/mol. The lowest BCUT2D eigenvalue weighted by Crippen LogP contribution is -2.54. The van der Waals surface area contributed by atoms with Crippen molar-refractivity contribution in [3.05, 3.63) is 97.9 Å². The molecule has 10 heteroatoms. The summed E-state index contributed by atoms with van der Waals surface area (Å²) in [7, 11) is 2.72. The Morgan fingerprint density at radius 2 is 1.76 bits per heavy atom. The molecule has 1 saturated heterocycles. The molecule has 1 fully saturated rings. The number of nitrogens with zero attached hydrogens (tertiary/aromatic N) is 1. The van der Waals surface area contributed by atoms with E-state index in [0.29, 0.717) is 16.9 Å². The van der Waals surface area contributed by atoms with E-state index in [2.05, 4.69) is 32.6 Å². The van der Waals surface area contributed by atoms with Crippen LogP contribution < -0.4 is 15.0 Å². The lowest BCUT2D eigenvalue weighted by molar-refractivity contribution is -0.122. The zero-order valence-corrected chi connectivity index (χ0v) is 21.9. The number of hydrogen-bond acceptors (Lipinski definition) is 6. The second kappa shape index (κ2) is 10.9. The van der Waals surface area contributed by atoms with Gasteiger partial charge in [-0.25, -0.2) is 18.9 Å². The van der Waals surface area contributed by atoms with Crippen LogP contribution in [0.3, 0.4) is 0 Å². The molecule has 0 bridgehead atoms. The third kappa shape index (κ3) is 5.38. The summed E-state index contributed by atoms with van der Waals surface area (Å²) in [4.78, 5) is 50.8. The molecule has 0 aromatic heterocycles. The number of halogens is 2. The van der Waals surface area contributed by atoms with E-state index >= 15 is 0 Å². The van der Waals surface area contributed by atoms with Crippen molar-refractivity contribution in [2.24, 2.45) is 0 Å². The minimum atomic E-state index is -0.912. The van der Waals surface area contributed by atoms with Crippen LogP contribution in [-0.4, -0.2) is 38.0 Å². The minimum absolute atomic E-state index is 0.168. The van der Waals surface area contributed by atoms with Gasteiger partial charge in [0.1, 0.15) is 17.1 Å². The normalized spacial score (nSPS) is 14.5. The van der Waals surface area contributed by atoms with Crippen LogP contribution in [0.4, 0.5) is 14.9 Å². The molecule has 0 atom stereocenters. The number of hydrogen-bond donors (Lipinski definition) is 1. The maximum atomic E-state index is 14.2. The van der Waals surface area contributed by atoms with Gasteiger partial charge < -0.3 is 9.47 Å². The summed E-state index contributed by atoms with van der Waals surface area (Å²) in [5, 5.41) is 2.16. The molecule has 0 radical (unpaired) electrons. The standard InChI is InChI=1S/C27H20FIN2O6/c1-36-23-13-15(12-22(29)19(23)14-17-5-3-4-6-21(17)28)11-20-24(32)30-27(35)31(25(20)33)18-9-7-16(8-10-18)26(34)37-2/h3-13H,14H2,1-2H3,(H,30,32,35)/b20-11+. The first kappa shape index (κ1) is 26.0. The Balaban J connectivity index is 1.68. The summed E-state index contributed by atoms with van der Waals surface area (Å²) in [5.74, 6) is -2.12. The molecule has 37 heavy (non-hydrogen) atoms. The fraction of sp³-hybridized carbons (Fsp3) is 0.111. The Morgan fingerprint density at radius 1 is 1.05 bits per heavy atom. The molecular formula is C27H20FIN2O6. The van der Waals surface area contributed by atoms with Crippen LogP contribution in [0.25, 0.3) is 6.08 Å². The molecule has 1 heterocycles. The van der Waals surface area contributed by atoms with Gasteiger partial charge in [0.15, 0.2) is 0 Å². The number of imide groups is 2. The predicted molar refractivity (Wildman–Crippen MR) is 142 cm³/mol. The topological polar surface area (TPSA) is 102 Å². The van der Waals surface area contributed by atoms with Gasteiger partial charge in [-0.2, -0.15) is 0 Å². The highest BCUT2D eigenvalue weighted by Crippen LogP contribution is 2.31. The first-order valence-corrected chi connectivity index (χ1v) is 12.0. The van der Waals surface area contributed by atoms with E-state index in [9.17, 15) is 23.6 Å². The number of rotatable bonds is 6. The van der Waals surface area contributed by atoms with Crippen molar-refractivity contribution >= 4 is 58.2 Å². The van der Waals surface area contributed by atoms with Gasteiger partial charge >= 0.3 is 12.0 Å². The van der Waals surface area contributed by atoms with Crippen LogP contribution in [0.2, 0.25) is 0 Å². The van der Waals surface area contributed by atoms with E-state index in [4.69, 9.17) is 4.74 Å². The average Bonchev–Trinajstić information content (AvgIpc) is 2.88. The van der Waals surface area contributed by atoms with E-state index < -0.39 is 23.8 Å². The van der Waals surface area contributed by atoms with Crippen molar-refractivity contribution in [1.82, 2.24) is 5.32 Å². The second-order valence-corrected chi connectivity index (χ2v) is 9.11. The van der Waals surface area contributed by atoms with E-state index in [-0.39, 0.29) is 29.1 Å². The van der Waals surface area contributed by atoms with Crippen molar-refractivity contribution in [2.45, 2.75) is 6.42 Å². The summed E-state index contributed by atoms with van der Waals surface area (Å²) in [5.41, 5.74) is 1.86. The summed E-state index contributed by atoms with van der Waals surface area (Å²) in [6, 6.07) is 14.5. The molecule has 0 spiro atoms. The van der Waals surface area contributed by atoms with Gasteiger partial charge in [0.25, 0.3) is 11.8 Å². The Bertz CT molecular complexity index is 1450. The molecule has 188 valence electrons. The fourth-order valence-corrected chi connectivity index (χ4v) is 4.64. The fourth-order valence-electron chi connectivity index (χ4n) is 3.82. The first-order chi connectivity index (χ1) is 17.7. The highest BCUT2D eigenvalue weighted by atomic mass is 127. The summed E-state index contributed by atoms with van der Waals surface area (Å²) in [6.07, 6.45) is 1.64. The van der Waals surface area contributed by atoms with Crippen molar-refractivity contribution in [1.29, 1.82) is 0 Å². The van der Waals surface area contributed by atoms with Crippen LogP contribution in [0, 0.1) is 9.39 Å². The van der Waals surface area contributed by atoms with Gasteiger partial charge in [0.2, 0.25) is 0 Å². The molecule has 3 aromatic rings. The number of amides is 4. The van der Waals surface area contributed by atoms with Crippen LogP contribution in [-0.2, 0) is 20.7 Å². The third-order valence-corrected chi connectivity index (χ3v) is 6.64. The smallest absolute Gasteiger partial charge is 0.337 e. The van der Waals surface area contributed by atoms with Crippen molar-refractivity contribution in [2.75, 3.05) is 19.1 Å². The largest absolute Gasteiger partial charge is 0.496 e. The highest BCUT2D eigenvalue weighted by Gasteiger charge is 2.37. The molecule has 0 saturated carbocycles. The summed E-state index contributed by atoms with van der Waals surface area (Å²) < 4.78 is 25.1. The highest BCUT2D eigenvalue weighted by molar-refractivity contribution is 14.1. The quantitative estimate of drug-likeness (QED) is 0.190. The van der Waals surface area contributed by atoms with Gasteiger partial charge in [0, 0.05) is 15.6 Å². The van der Waals surface area contributed by atoms with E-state index in [1.165, 1.54) is 50.6 Å². The molecule has 1 N–H and O–H groups in total. The summed E-state index contributed by atoms with van der Waals surface area (Å²) >= 11 is 2.09. The molecule has 4 rings (SSSR count). The number of carbonyl (C=O) groups excluding carboxylic acids is 4. The van der Waals surface area contributed by atoms with Crippen molar-refractivity contribution < 1.29 is 33.0 Å². The van der Waals surface area contributed by atoms with Gasteiger partial charge in [0.05, 0.1) is 25.5 Å². The Labute approximate surface area is 225 Å².